The second-order valence-corrected chi connectivity index (χ2v) is 4.39. The fourth-order valence-corrected chi connectivity index (χ4v) is 1.91. The molecule has 8 nitrogen and oxygen atoms in total. The second kappa shape index (κ2) is 7.20. The first-order chi connectivity index (χ1) is 9.29. The van der Waals surface area contributed by atoms with Gasteiger partial charge in [0.2, 0.25) is 0 Å². The summed E-state index contributed by atoms with van der Waals surface area (Å²) in [4.78, 5) is 33.0. The smallest absolute Gasteiger partial charge is 0.303 e. The summed E-state index contributed by atoms with van der Waals surface area (Å²) in [7, 11) is 0. The van der Waals surface area contributed by atoms with E-state index in [1.165, 1.54) is 20.8 Å². The van der Waals surface area contributed by atoms with Crippen molar-refractivity contribution in [2.75, 3.05) is 6.61 Å². The number of hydrogen-bond acceptors (Lipinski definition) is 8. The molecule has 20 heavy (non-hydrogen) atoms. The van der Waals surface area contributed by atoms with Crippen LogP contribution < -0.4 is 0 Å². The van der Waals surface area contributed by atoms with Crippen LogP contribution in [0.5, 0.6) is 0 Å². The Hall–Kier alpha value is -1.67. The normalized spacial score (nSPS) is 29.4. The van der Waals surface area contributed by atoms with E-state index in [0.29, 0.717) is 0 Å². The third kappa shape index (κ3) is 5.14. The number of carbonyl (C=O) groups is 3. The van der Waals surface area contributed by atoms with Gasteiger partial charge in [0.25, 0.3) is 0 Å². The molecule has 1 unspecified atom stereocenters. The van der Waals surface area contributed by atoms with Gasteiger partial charge >= 0.3 is 17.9 Å². The highest BCUT2D eigenvalue weighted by atomic mass is 16.7. The van der Waals surface area contributed by atoms with E-state index < -0.39 is 42.5 Å². The number of aliphatic hydroxyl groups excluding tert-OH is 1. The van der Waals surface area contributed by atoms with Gasteiger partial charge in [-0.05, 0) is 0 Å². The zero-order valence-corrected chi connectivity index (χ0v) is 11.5. The van der Waals surface area contributed by atoms with Crippen LogP contribution in [-0.4, -0.2) is 54.2 Å². The van der Waals surface area contributed by atoms with E-state index in [2.05, 4.69) is 0 Å². The van der Waals surface area contributed by atoms with E-state index in [-0.39, 0.29) is 13.0 Å². The molecule has 1 saturated heterocycles. The topological polar surface area (TPSA) is 108 Å². The second-order valence-electron chi connectivity index (χ2n) is 4.39. The summed E-state index contributed by atoms with van der Waals surface area (Å²) in [5.41, 5.74) is 0. The van der Waals surface area contributed by atoms with E-state index in [1.54, 1.807) is 0 Å². The standard InChI is InChI=1S/C12H18O8/c1-6(13)17-5-10-12(19-8(3)15)9(18-7(2)14)4-11(16)20-10/h9-12,16H,4-5H2,1-3H3/t9-,10?,11+,12-/m0/s1. The van der Waals surface area contributed by atoms with E-state index in [4.69, 9.17) is 18.9 Å². The van der Waals surface area contributed by atoms with Crippen LogP contribution in [0.2, 0.25) is 0 Å². The highest BCUT2D eigenvalue weighted by Gasteiger charge is 2.43. The van der Waals surface area contributed by atoms with Crippen molar-refractivity contribution >= 4 is 17.9 Å². The molecule has 1 aliphatic heterocycles. The Morgan fingerprint density at radius 3 is 2.20 bits per heavy atom. The lowest BCUT2D eigenvalue weighted by atomic mass is 10.0. The number of ether oxygens (including phenoxy) is 4. The van der Waals surface area contributed by atoms with Crippen LogP contribution in [-0.2, 0) is 33.3 Å². The fourth-order valence-electron chi connectivity index (χ4n) is 1.91. The van der Waals surface area contributed by atoms with Crippen molar-refractivity contribution in [2.45, 2.75) is 51.8 Å². The van der Waals surface area contributed by atoms with Crippen LogP contribution in [0.25, 0.3) is 0 Å². The molecule has 1 aliphatic rings. The molecule has 1 rings (SSSR count). The minimum atomic E-state index is -1.20. The van der Waals surface area contributed by atoms with E-state index in [9.17, 15) is 19.5 Å². The highest BCUT2D eigenvalue weighted by Crippen LogP contribution is 2.25. The summed E-state index contributed by atoms with van der Waals surface area (Å²) in [6.45, 7) is 3.39. The van der Waals surface area contributed by atoms with Gasteiger partial charge in [-0.3, -0.25) is 14.4 Å². The maximum atomic E-state index is 11.1. The van der Waals surface area contributed by atoms with Gasteiger partial charge in [0.15, 0.2) is 12.4 Å². The molecular weight excluding hydrogens is 272 g/mol. The third-order valence-corrected chi connectivity index (χ3v) is 2.57. The average molecular weight is 290 g/mol. The molecule has 1 N–H and O–H groups in total. The maximum absolute atomic E-state index is 11.1. The Morgan fingerprint density at radius 1 is 1.10 bits per heavy atom. The molecule has 114 valence electrons. The predicted octanol–water partition coefficient (Wildman–Crippen LogP) is -0.480. The van der Waals surface area contributed by atoms with E-state index >= 15 is 0 Å². The number of hydrogen-bond donors (Lipinski definition) is 1. The van der Waals surface area contributed by atoms with Gasteiger partial charge in [0.1, 0.15) is 18.8 Å². The molecule has 8 heteroatoms. The lowest BCUT2D eigenvalue weighted by Crippen LogP contribution is -2.53. The van der Waals surface area contributed by atoms with Gasteiger partial charge in [0.05, 0.1) is 0 Å². The zero-order valence-electron chi connectivity index (χ0n) is 11.5. The summed E-state index contributed by atoms with van der Waals surface area (Å²) in [5, 5.41) is 9.59. The summed E-state index contributed by atoms with van der Waals surface area (Å²) in [6.07, 6.45) is -3.95. The van der Waals surface area contributed by atoms with Crippen LogP contribution in [0.15, 0.2) is 0 Å². The largest absolute Gasteiger partial charge is 0.463 e. The van der Waals surface area contributed by atoms with Crippen molar-refractivity contribution in [1.82, 2.24) is 0 Å². The van der Waals surface area contributed by atoms with Crippen LogP contribution in [0, 0.1) is 0 Å². The Labute approximate surface area is 115 Å². The highest BCUT2D eigenvalue weighted by molar-refractivity contribution is 5.67. The van der Waals surface area contributed by atoms with Gasteiger partial charge in [-0.2, -0.15) is 0 Å². The number of carbonyl (C=O) groups excluding carboxylic acids is 3. The van der Waals surface area contributed by atoms with Gasteiger partial charge in [-0.15, -0.1) is 0 Å². The van der Waals surface area contributed by atoms with Crippen molar-refractivity contribution in [3.05, 3.63) is 0 Å². The minimum Gasteiger partial charge on any atom is -0.463 e. The van der Waals surface area contributed by atoms with Gasteiger partial charge in [-0.25, -0.2) is 0 Å². The first-order valence-corrected chi connectivity index (χ1v) is 6.11. The average Bonchev–Trinajstić information content (AvgIpc) is 2.28. The van der Waals surface area contributed by atoms with Gasteiger partial charge < -0.3 is 24.1 Å². The van der Waals surface area contributed by atoms with Crippen LogP contribution in [0.1, 0.15) is 27.2 Å². The molecular formula is C12H18O8. The molecule has 0 aromatic carbocycles. The van der Waals surface area contributed by atoms with Crippen molar-refractivity contribution in [3.63, 3.8) is 0 Å². The summed E-state index contributed by atoms with van der Waals surface area (Å²) >= 11 is 0. The Kier molecular flexibility index (Phi) is 5.90. The maximum Gasteiger partial charge on any atom is 0.303 e. The first-order valence-electron chi connectivity index (χ1n) is 6.11. The lowest BCUT2D eigenvalue weighted by molar-refractivity contribution is -0.252. The molecule has 0 aromatic rings. The Morgan fingerprint density at radius 2 is 1.70 bits per heavy atom. The van der Waals surface area contributed by atoms with E-state index in [1.807, 2.05) is 0 Å². The first kappa shape index (κ1) is 16.4. The molecule has 0 spiro atoms. The Bertz CT molecular complexity index is 380. The molecule has 0 radical (unpaired) electrons. The SMILES string of the molecule is CC(=O)OCC1O[C@@H](O)C[C@H](OC(C)=O)[C@@H]1OC(C)=O. The summed E-state index contributed by atoms with van der Waals surface area (Å²) < 4.78 is 20.0. The molecule has 0 aromatic heterocycles. The predicted molar refractivity (Wildman–Crippen MR) is 63.2 cm³/mol. The number of esters is 3. The van der Waals surface area contributed by atoms with Gasteiger partial charge in [0, 0.05) is 27.2 Å². The number of aliphatic hydroxyl groups is 1. The van der Waals surface area contributed by atoms with Crippen LogP contribution in [0.4, 0.5) is 0 Å². The molecule has 1 heterocycles. The zero-order chi connectivity index (χ0) is 15.3. The van der Waals surface area contributed by atoms with Crippen molar-refractivity contribution in [2.24, 2.45) is 0 Å². The quantitative estimate of drug-likeness (QED) is 0.546. The minimum absolute atomic E-state index is 0.0336. The molecule has 0 aliphatic carbocycles. The van der Waals surface area contributed by atoms with Crippen LogP contribution >= 0.6 is 0 Å². The summed E-state index contributed by atoms with van der Waals surface area (Å²) in [5.74, 6) is -1.72. The number of rotatable bonds is 4. The molecule has 1 fully saturated rings. The molecule has 0 bridgehead atoms. The third-order valence-electron chi connectivity index (χ3n) is 2.57. The van der Waals surface area contributed by atoms with Crippen molar-refractivity contribution in [1.29, 1.82) is 0 Å². The van der Waals surface area contributed by atoms with Gasteiger partial charge in [-0.1, -0.05) is 0 Å². The monoisotopic (exact) mass is 290 g/mol. The molecule has 0 saturated carbocycles. The van der Waals surface area contributed by atoms with Crippen molar-refractivity contribution < 1.29 is 38.4 Å². The molecule has 0 amide bonds. The summed E-state index contributed by atoms with van der Waals surface area (Å²) in [6, 6.07) is 0. The lowest BCUT2D eigenvalue weighted by Gasteiger charge is -2.38. The van der Waals surface area contributed by atoms with Crippen molar-refractivity contribution in [3.8, 4) is 0 Å². The van der Waals surface area contributed by atoms with E-state index in [0.717, 1.165) is 0 Å². The van der Waals surface area contributed by atoms with Crippen LogP contribution in [0.3, 0.4) is 0 Å². The fraction of sp³-hybridized carbons (Fsp3) is 0.750. The Balaban J connectivity index is 2.82. The molecule has 4 atom stereocenters.